The van der Waals surface area contributed by atoms with Crippen LogP contribution in [0, 0.1) is 0 Å². The van der Waals surface area contributed by atoms with Crippen LogP contribution >= 0.6 is 0 Å². The van der Waals surface area contributed by atoms with Gasteiger partial charge in [0.2, 0.25) is 0 Å². The van der Waals surface area contributed by atoms with Crippen molar-refractivity contribution >= 4 is 12.0 Å². The molecule has 0 rings (SSSR count). The Morgan fingerprint density at radius 2 is 2.00 bits per heavy atom. The molecular weight excluding hydrogens is 234 g/mol. The molecular formula is C12H25N3O3. The molecule has 1 atom stereocenters. The SMILES string of the molecule is CCCC[C@H](NC(=O)NCCN(C)CC)C(=O)O. The Bertz CT molecular complexity index is 259. The topological polar surface area (TPSA) is 81.7 Å². The zero-order chi connectivity index (χ0) is 14.0. The van der Waals surface area contributed by atoms with Crippen molar-refractivity contribution in [2.75, 3.05) is 26.7 Å². The highest BCUT2D eigenvalue weighted by atomic mass is 16.4. The van der Waals surface area contributed by atoms with Gasteiger partial charge in [-0.1, -0.05) is 26.7 Å². The molecule has 6 heteroatoms. The first-order valence-electron chi connectivity index (χ1n) is 6.46. The van der Waals surface area contributed by atoms with Gasteiger partial charge in [-0.25, -0.2) is 9.59 Å². The van der Waals surface area contributed by atoms with Crippen LogP contribution in [0.2, 0.25) is 0 Å². The molecule has 0 spiro atoms. The molecule has 0 aliphatic rings. The van der Waals surface area contributed by atoms with Crippen LogP contribution in [0.4, 0.5) is 4.79 Å². The van der Waals surface area contributed by atoms with Gasteiger partial charge in [-0.05, 0) is 20.0 Å². The first-order valence-corrected chi connectivity index (χ1v) is 6.46. The van der Waals surface area contributed by atoms with E-state index in [0.29, 0.717) is 13.0 Å². The Morgan fingerprint density at radius 3 is 2.50 bits per heavy atom. The van der Waals surface area contributed by atoms with E-state index >= 15 is 0 Å². The maximum atomic E-state index is 11.5. The van der Waals surface area contributed by atoms with E-state index in [1.807, 2.05) is 20.9 Å². The number of urea groups is 1. The minimum Gasteiger partial charge on any atom is -0.480 e. The fourth-order valence-corrected chi connectivity index (χ4v) is 1.39. The molecule has 0 aromatic rings. The molecule has 0 saturated heterocycles. The third kappa shape index (κ3) is 7.89. The average Bonchev–Trinajstić information content (AvgIpc) is 2.33. The molecule has 106 valence electrons. The van der Waals surface area contributed by atoms with Crippen molar-refractivity contribution in [3.63, 3.8) is 0 Å². The van der Waals surface area contributed by atoms with Gasteiger partial charge < -0.3 is 20.6 Å². The largest absolute Gasteiger partial charge is 0.480 e. The molecule has 0 aromatic heterocycles. The van der Waals surface area contributed by atoms with Crippen LogP contribution in [0.25, 0.3) is 0 Å². The van der Waals surface area contributed by atoms with E-state index in [-0.39, 0.29) is 0 Å². The Hall–Kier alpha value is -1.30. The lowest BCUT2D eigenvalue weighted by Crippen LogP contribution is -2.47. The number of carboxylic acid groups (broad SMARTS) is 1. The zero-order valence-corrected chi connectivity index (χ0v) is 11.5. The maximum absolute atomic E-state index is 11.5. The normalized spacial score (nSPS) is 12.2. The highest BCUT2D eigenvalue weighted by Gasteiger charge is 2.18. The summed E-state index contributed by atoms with van der Waals surface area (Å²) in [5, 5.41) is 14.1. The van der Waals surface area contributed by atoms with Gasteiger partial charge in [0, 0.05) is 13.1 Å². The van der Waals surface area contributed by atoms with Crippen molar-refractivity contribution in [1.29, 1.82) is 0 Å². The number of carbonyl (C=O) groups is 2. The van der Waals surface area contributed by atoms with Gasteiger partial charge in [-0.3, -0.25) is 0 Å². The van der Waals surface area contributed by atoms with Gasteiger partial charge in [-0.15, -0.1) is 0 Å². The Morgan fingerprint density at radius 1 is 1.33 bits per heavy atom. The van der Waals surface area contributed by atoms with Crippen LogP contribution in [-0.2, 0) is 4.79 Å². The predicted molar refractivity (Wildman–Crippen MR) is 70.7 cm³/mol. The Kier molecular flexibility index (Phi) is 9.00. The maximum Gasteiger partial charge on any atom is 0.326 e. The lowest BCUT2D eigenvalue weighted by molar-refractivity contribution is -0.139. The number of likely N-dealkylation sites (N-methyl/N-ethyl adjacent to an activating group) is 1. The van der Waals surface area contributed by atoms with E-state index in [4.69, 9.17) is 5.11 Å². The lowest BCUT2D eigenvalue weighted by atomic mass is 10.1. The van der Waals surface area contributed by atoms with Crippen LogP contribution in [0.3, 0.4) is 0 Å². The minimum absolute atomic E-state index is 0.414. The molecule has 6 nitrogen and oxygen atoms in total. The summed E-state index contributed by atoms with van der Waals surface area (Å²) in [7, 11) is 1.96. The molecule has 0 saturated carbocycles. The monoisotopic (exact) mass is 259 g/mol. The summed E-state index contributed by atoms with van der Waals surface area (Å²) >= 11 is 0. The number of nitrogens with one attached hydrogen (secondary N) is 2. The van der Waals surface area contributed by atoms with Gasteiger partial charge in [0.15, 0.2) is 0 Å². The number of hydrogen-bond donors (Lipinski definition) is 3. The van der Waals surface area contributed by atoms with Crippen LogP contribution in [-0.4, -0.2) is 54.7 Å². The fourth-order valence-electron chi connectivity index (χ4n) is 1.39. The number of nitrogens with zero attached hydrogens (tertiary/aromatic N) is 1. The Labute approximate surface area is 109 Å². The number of rotatable bonds is 9. The number of carbonyl (C=O) groups excluding carboxylic acids is 1. The van der Waals surface area contributed by atoms with Gasteiger partial charge in [-0.2, -0.15) is 0 Å². The second-order valence-electron chi connectivity index (χ2n) is 4.33. The molecule has 0 fully saturated rings. The number of aliphatic carboxylic acids is 1. The molecule has 0 unspecified atom stereocenters. The van der Waals surface area contributed by atoms with E-state index in [2.05, 4.69) is 15.5 Å². The summed E-state index contributed by atoms with van der Waals surface area (Å²) < 4.78 is 0. The molecule has 0 radical (unpaired) electrons. The van der Waals surface area contributed by atoms with Crippen LogP contribution < -0.4 is 10.6 Å². The van der Waals surface area contributed by atoms with E-state index < -0.39 is 18.0 Å². The molecule has 2 amide bonds. The van der Waals surface area contributed by atoms with E-state index in [1.165, 1.54) is 0 Å². The number of amides is 2. The molecule has 0 aromatic carbocycles. The summed E-state index contributed by atoms with van der Waals surface area (Å²) in [4.78, 5) is 24.5. The number of hydrogen-bond acceptors (Lipinski definition) is 3. The molecule has 0 aliphatic carbocycles. The fraction of sp³-hybridized carbons (Fsp3) is 0.833. The smallest absolute Gasteiger partial charge is 0.326 e. The van der Waals surface area contributed by atoms with Crippen molar-refractivity contribution in [2.24, 2.45) is 0 Å². The highest BCUT2D eigenvalue weighted by Crippen LogP contribution is 2.00. The van der Waals surface area contributed by atoms with Crippen molar-refractivity contribution in [2.45, 2.75) is 39.2 Å². The first kappa shape index (κ1) is 16.7. The summed E-state index contributed by atoms with van der Waals surface area (Å²) in [6, 6.07) is -1.21. The summed E-state index contributed by atoms with van der Waals surface area (Å²) in [6.07, 6.45) is 2.16. The first-order chi connectivity index (χ1) is 8.51. The van der Waals surface area contributed by atoms with Crippen molar-refractivity contribution in [1.82, 2.24) is 15.5 Å². The van der Waals surface area contributed by atoms with E-state index in [1.54, 1.807) is 0 Å². The summed E-state index contributed by atoms with van der Waals surface area (Å²) in [6.45, 7) is 6.19. The molecule has 0 aliphatic heterocycles. The predicted octanol–water partition coefficient (Wildman–Crippen LogP) is 0.881. The van der Waals surface area contributed by atoms with Crippen LogP contribution in [0.1, 0.15) is 33.1 Å². The van der Waals surface area contributed by atoms with Crippen LogP contribution in [0.15, 0.2) is 0 Å². The van der Waals surface area contributed by atoms with Crippen molar-refractivity contribution in [3.8, 4) is 0 Å². The van der Waals surface area contributed by atoms with Crippen LogP contribution in [0.5, 0.6) is 0 Å². The number of unbranched alkanes of at least 4 members (excludes halogenated alkanes) is 1. The van der Waals surface area contributed by atoms with Gasteiger partial charge >= 0.3 is 12.0 Å². The average molecular weight is 259 g/mol. The summed E-state index contributed by atoms with van der Waals surface area (Å²) in [5.74, 6) is -0.982. The number of carboxylic acids is 1. The van der Waals surface area contributed by atoms with E-state index in [9.17, 15) is 9.59 Å². The second-order valence-corrected chi connectivity index (χ2v) is 4.33. The standard InChI is InChI=1S/C12H25N3O3/c1-4-6-7-10(11(16)17)14-12(18)13-8-9-15(3)5-2/h10H,4-9H2,1-3H3,(H,16,17)(H2,13,14,18)/t10-/m0/s1. The third-order valence-electron chi connectivity index (χ3n) is 2.77. The molecule has 18 heavy (non-hydrogen) atoms. The third-order valence-corrected chi connectivity index (χ3v) is 2.77. The van der Waals surface area contributed by atoms with Crippen molar-refractivity contribution in [3.05, 3.63) is 0 Å². The molecule has 3 N–H and O–H groups in total. The quantitative estimate of drug-likeness (QED) is 0.574. The van der Waals surface area contributed by atoms with Gasteiger partial charge in [0.05, 0.1) is 0 Å². The lowest BCUT2D eigenvalue weighted by Gasteiger charge is -2.17. The molecule has 0 heterocycles. The Balaban J connectivity index is 3.91. The van der Waals surface area contributed by atoms with Gasteiger partial charge in [0.25, 0.3) is 0 Å². The minimum atomic E-state index is -0.982. The molecule has 0 bridgehead atoms. The second kappa shape index (κ2) is 9.70. The van der Waals surface area contributed by atoms with Gasteiger partial charge in [0.1, 0.15) is 6.04 Å². The highest BCUT2D eigenvalue weighted by molar-refractivity contribution is 5.82. The summed E-state index contributed by atoms with van der Waals surface area (Å²) in [5.41, 5.74) is 0. The zero-order valence-electron chi connectivity index (χ0n) is 11.5. The van der Waals surface area contributed by atoms with E-state index in [0.717, 1.165) is 25.9 Å². The van der Waals surface area contributed by atoms with Crippen molar-refractivity contribution < 1.29 is 14.7 Å².